The number of benzene rings is 1. The standard InChI is InChI=1S/C12H12F3N3O/c1-2-16-10(19)7-18-9-6-4-3-5-8(9)17-11(18)12(13,14)15/h3-6H,2,7H2,1H3,(H,16,19). The molecule has 4 nitrogen and oxygen atoms in total. The normalized spacial score (nSPS) is 11.8. The number of aromatic nitrogens is 2. The molecule has 19 heavy (non-hydrogen) atoms. The predicted molar refractivity (Wildman–Crippen MR) is 63.4 cm³/mol. The number of alkyl halides is 3. The summed E-state index contributed by atoms with van der Waals surface area (Å²) in [7, 11) is 0. The predicted octanol–water partition coefficient (Wildman–Crippen LogP) is 2.19. The van der Waals surface area contributed by atoms with Crippen molar-refractivity contribution in [3.63, 3.8) is 0 Å². The molecule has 2 rings (SSSR count). The van der Waals surface area contributed by atoms with Crippen LogP contribution in [-0.4, -0.2) is 22.0 Å². The van der Waals surface area contributed by atoms with Crippen molar-refractivity contribution in [2.24, 2.45) is 0 Å². The number of halogens is 3. The molecule has 1 N–H and O–H groups in total. The first-order valence-electron chi connectivity index (χ1n) is 5.72. The number of para-hydroxylation sites is 2. The fourth-order valence-corrected chi connectivity index (χ4v) is 1.85. The van der Waals surface area contributed by atoms with Crippen LogP contribution in [0.4, 0.5) is 13.2 Å². The molecule has 1 aromatic carbocycles. The molecule has 0 aliphatic rings. The summed E-state index contributed by atoms with van der Waals surface area (Å²) in [5.74, 6) is -1.53. The maximum atomic E-state index is 12.9. The van der Waals surface area contributed by atoms with Gasteiger partial charge in [-0.1, -0.05) is 12.1 Å². The van der Waals surface area contributed by atoms with Crippen LogP contribution in [0.25, 0.3) is 11.0 Å². The quantitative estimate of drug-likeness (QED) is 0.930. The van der Waals surface area contributed by atoms with Crippen molar-refractivity contribution in [3.05, 3.63) is 30.1 Å². The van der Waals surface area contributed by atoms with Crippen LogP contribution >= 0.6 is 0 Å². The van der Waals surface area contributed by atoms with E-state index in [1.165, 1.54) is 12.1 Å². The zero-order valence-electron chi connectivity index (χ0n) is 10.2. The topological polar surface area (TPSA) is 46.9 Å². The van der Waals surface area contributed by atoms with E-state index < -0.39 is 24.5 Å². The highest BCUT2D eigenvalue weighted by Crippen LogP contribution is 2.31. The lowest BCUT2D eigenvalue weighted by Gasteiger charge is -2.10. The van der Waals surface area contributed by atoms with Gasteiger partial charge in [-0.25, -0.2) is 4.98 Å². The molecular weight excluding hydrogens is 259 g/mol. The van der Waals surface area contributed by atoms with Gasteiger partial charge in [-0.15, -0.1) is 0 Å². The van der Waals surface area contributed by atoms with Crippen LogP contribution in [-0.2, 0) is 17.5 Å². The van der Waals surface area contributed by atoms with E-state index in [-0.39, 0.29) is 5.52 Å². The third kappa shape index (κ3) is 2.69. The molecule has 1 aromatic heterocycles. The van der Waals surface area contributed by atoms with E-state index in [0.29, 0.717) is 12.1 Å². The molecule has 2 aromatic rings. The second kappa shape index (κ2) is 4.91. The number of rotatable bonds is 3. The van der Waals surface area contributed by atoms with Gasteiger partial charge in [-0.2, -0.15) is 13.2 Å². The van der Waals surface area contributed by atoms with Crippen LogP contribution < -0.4 is 5.32 Å². The Bertz CT molecular complexity index is 604. The van der Waals surface area contributed by atoms with Crippen LogP contribution in [0.1, 0.15) is 12.7 Å². The molecule has 0 aliphatic carbocycles. The summed E-state index contributed by atoms with van der Waals surface area (Å²) >= 11 is 0. The zero-order valence-corrected chi connectivity index (χ0v) is 10.2. The molecule has 0 saturated carbocycles. The van der Waals surface area contributed by atoms with E-state index in [9.17, 15) is 18.0 Å². The minimum Gasteiger partial charge on any atom is -0.355 e. The number of hydrogen-bond acceptors (Lipinski definition) is 2. The summed E-state index contributed by atoms with van der Waals surface area (Å²) < 4.78 is 39.6. The van der Waals surface area contributed by atoms with Gasteiger partial charge >= 0.3 is 6.18 Å². The van der Waals surface area contributed by atoms with Gasteiger partial charge in [0.15, 0.2) is 0 Å². The van der Waals surface area contributed by atoms with Crippen molar-refractivity contribution in [2.75, 3.05) is 6.54 Å². The Hall–Kier alpha value is -2.05. The maximum Gasteiger partial charge on any atom is 0.449 e. The number of carbonyl (C=O) groups is 1. The van der Waals surface area contributed by atoms with Crippen molar-refractivity contribution >= 4 is 16.9 Å². The highest BCUT2D eigenvalue weighted by Gasteiger charge is 2.37. The lowest BCUT2D eigenvalue weighted by atomic mass is 10.3. The first kappa shape index (κ1) is 13.4. The van der Waals surface area contributed by atoms with Crippen molar-refractivity contribution < 1.29 is 18.0 Å². The summed E-state index contributed by atoms with van der Waals surface area (Å²) in [4.78, 5) is 15.1. The maximum absolute atomic E-state index is 12.9. The number of likely N-dealkylation sites (N-methyl/N-ethyl adjacent to an activating group) is 1. The first-order chi connectivity index (χ1) is 8.93. The van der Waals surface area contributed by atoms with Gasteiger partial charge in [0.05, 0.1) is 11.0 Å². The second-order valence-electron chi connectivity index (χ2n) is 3.96. The van der Waals surface area contributed by atoms with Gasteiger partial charge in [0.25, 0.3) is 0 Å². The monoisotopic (exact) mass is 271 g/mol. The Balaban J connectivity index is 2.52. The Labute approximate surface area is 107 Å². The fraction of sp³-hybridized carbons (Fsp3) is 0.333. The van der Waals surface area contributed by atoms with Gasteiger partial charge in [-0.3, -0.25) is 4.79 Å². The first-order valence-corrected chi connectivity index (χ1v) is 5.72. The number of nitrogens with one attached hydrogen (secondary N) is 1. The molecule has 0 saturated heterocycles. The lowest BCUT2D eigenvalue weighted by molar-refractivity contribution is -0.147. The minimum atomic E-state index is -4.59. The average Bonchev–Trinajstić information content (AvgIpc) is 2.69. The zero-order chi connectivity index (χ0) is 14.0. The van der Waals surface area contributed by atoms with Gasteiger partial charge in [0.1, 0.15) is 6.54 Å². The van der Waals surface area contributed by atoms with Crippen molar-refractivity contribution in [2.45, 2.75) is 19.6 Å². The number of fused-ring (bicyclic) bond motifs is 1. The van der Waals surface area contributed by atoms with Crippen molar-refractivity contribution in [1.29, 1.82) is 0 Å². The third-order valence-electron chi connectivity index (χ3n) is 2.58. The number of amides is 1. The van der Waals surface area contributed by atoms with Crippen LogP contribution in [0.3, 0.4) is 0 Å². The van der Waals surface area contributed by atoms with Crippen molar-refractivity contribution in [1.82, 2.24) is 14.9 Å². The SMILES string of the molecule is CCNC(=O)Cn1c(C(F)(F)F)nc2ccccc21. The number of carbonyl (C=O) groups excluding carboxylic acids is 1. The van der Waals surface area contributed by atoms with E-state index >= 15 is 0 Å². The van der Waals surface area contributed by atoms with E-state index in [2.05, 4.69) is 10.3 Å². The molecule has 0 bridgehead atoms. The molecule has 0 spiro atoms. The summed E-state index contributed by atoms with van der Waals surface area (Å²) in [5.41, 5.74) is 0.514. The molecule has 0 fully saturated rings. The van der Waals surface area contributed by atoms with E-state index in [4.69, 9.17) is 0 Å². The summed E-state index contributed by atoms with van der Waals surface area (Å²) in [6.07, 6.45) is -4.59. The molecule has 7 heteroatoms. The van der Waals surface area contributed by atoms with Crippen LogP contribution in [0.2, 0.25) is 0 Å². The molecule has 0 atom stereocenters. The Morgan fingerprint density at radius 1 is 1.37 bits per heavy atom. The smallest absolute Gasteiger partial charge is 0.355 e. The van der Waals surface area contributed by atoms with Crippen LogP contribution in [0.15, 0.2) is 24.3 Å². The molecule has 0 unspecified atom stereocenters. The highest BCUT2D eigenvalue weighted by molar-refractivity contribution is 5.81. The molecule has 1 amide bonds. The van der Waals surface area contributed by atoms with Gasteiger partial charge in [0.2, 0.25) is 11.7 Å². The van der Waals surface area contributed by atoms with Gasteiger partial charge in [-0.05, 0) is 19.1 Å². The molecule has 0 radical (unpaired) electrons. The number of nitrogens with zero attached hydrogens (tertiary/aromatic N) is 2. The van der Waals surface area contributed by atoms with E-state index in [0.717, 1.165) is 4.57 Å². The number of imidazole rings is 1. The Morgan fingerprint density at radius 3 is 2.68 bits per heavy atom. The molecule has 1 heterocycles. The molecule has 0 aliphatic heterocycles. The van der Waals surface area contributed by atoms with Crippen LogP contribution in [0.5, 0.6) is 0 Å². The van der Waals surface area contributed by atoms with Crippen molar-refractivity contribution in [3.8, 4) is 0 Å². The summed E-state index contributed by atoms with van der Waals surface area (Å²) in [6, 6.07) is 6.21. The van der Waals surface area contributed by atoms with Gasteiger partial charge in [0, 0.05) is 6.54 Å². The van der Waals surface area contributed by atoms with Crippen LogP contribution in [0, 0.1) is 0 Å². The fourth-order valence-electron chi connectivity index (χ4n) is 1.85. The lowest BCUT2D eigenvalue weighted by Crippen LogP contribution is -2.29. The third-order valence-corrected chi connectivity index (χ3v) is 2.58. The van der Waals surface area contributed by atoms with E-state index in [1.807, 2.05) is 0 Å². The Kier molecular flexibility index (Phi) is 3.46. The molecule has 102 valence electrons. The summed E-state index contributed by atoms with van der Waals surface area (Å²) in [6.45, 7) is 1.67. The van der Waals surface area contributed by atoms with Gasteiger partial charge < -0.3 is 9.88 Å². The second-order valence-corrected chi connectivity index (χ2v) is 3.96. The minimum absolute atomic E-state index is 0.221. The molecular formula is C12H12F3N3O. The number of hydrogen-bond donors (Lipinski definition) is 1. The largest absolute Gasteiger partial charge is 0.449 e. The Morgan fingerprint density at radius 2 is 2.05 bits per heavy atom. The summed E-state index contributed by atoms with van der Waals surface area (Å²) in [5, 5.41) is 2.47. The highest BCUT2D eigenvalue weighted by atomic mass is 19.4. The average molecular weight is 271 g/mol. The van der Waals surface area contributed by atoms with E-state index in [1.54, 1.807) is 19.1 Å².